The molecule has 0 aliphatic rings. The lowest BCUT2D eigenvalue weighted by molar-refractivity contribution is 0.353. The summed E-state index contributed by atoms with van der Waals surface area (Å²) >= 11 is 3.28. The van der Waals surface area contributed by atoms with Crippen molar-refractivity contribution >= 4 is 26.0 Å². The van der Waals surface area contributed by atoms with Crippen LogP contribution in [0.2, 0.25) is 0 Å². The van der Waals surface area contributed by atoms with E-state index in [2.05, 4.69) is 20.7 Å². The summed E-state index contributed by atoms with van der Waals surface area (Å²) in [6.45, 7) is 1.79. The molecule has 0 saturated heterocycles. The van der Waals surface area contributed by atoms with Crippen LogP contribution in [0.15, 0.2) is 51.8 Å². The molecule has 23 heavy (non-hydrogen) atoms. The van der Waals surface area contributed by atoms with E-state index in [-0.39, 0.29) is 10.9 Å². The van der Waals surface area contributed by atoms with Crippen LogP contribution in [0.25, 0.3) is 0 Å². The Kier molecular flexibility index (Phi) is 5.67. The van der Waals surface area contributed by atoms with Crippen LogP contribution >= 0.6 is 15.9 Å². The smallest absolute Gasteiger partial charge is 0.242 e. The van der Waals surface area contributed by atoms with Gasteiger partial charge in [-0.1, -0.05) is 30.3 Å². The van der Waals surface area contributed by atoms with E-state index in [0.717, 1.165) is 5.56 Å². The molecule has 0 aliphatic carbocycles. The van der Waals surface area contributed by atoms with E-state index < -0.39 is 10.0 Å². The van der Waals surface area contributed by atoms with E-state index in [1.54, 1.807) is 13.0 Å². The van der Waals surface area contributed by atoms with Crippen molar-refractivity contribution in [1.29, 1.82) is 0 Å². The number of benzene rings is 2. The van der Waals surface area contributed by atoms with Crippen molar-refractivity contribution in [3.8, 4) is 11.5 Å². The SMILES string of the molecule is COc1cc(Br)c(S(=O)(=O)N[C@@H](C)c2ccccc2)cc1OC. The van der Waals surface area contributed by atoms with Crippen molar-refractivity contribution < 1.29 is 17.9 Å². The van der Waals surface area contributed by atoms with Gasteiger partial charge < -0.3 is 9.47 Å². The second kappa shape index (κ2) is 7.33. The number of sulfonamides is 1. The highest BCUT2D eigenvalue weighted by Crippen LogP contribution is 2.35. The molecule has 7 heteroatoms. The van der Waals surface area contributed by atoms with Crippen molar-refractivity contribution in [2.45, 2.75) is 17.9 Å². The standard InChI is InChI=1S/C16H18BrNO4S/c1-11(12-7-5-4-6-8-12)18-23(19,20)16-10-15(22-3)14(21-2)9-13(16)17/h4-11,18H,1-3H3/t11-/m0/s1. The Hall–Kier alpha value is -1.57. The van der Waals surface area contributed by atoms with Crippen molar-refractivity contribution in [3.05, 3.63) is 52.5 Å². The van der Waals surface area contributed by atoms with Crippen LogP contribution in [0.5, 0.6) is 11.5 Å². The maximum Gasteiger partial charge on any atom is 0.242 e. The fraction of sp³-hybridized carbons (Fsp3) is 0.250. The maximum absolute atomic E-state index is 12.7. The molecule has 1 atom stereocenters. The largest absolute Gasteiger partial charge is 0.493 e. The van der Waals surface area contributed by atoms with Gasteiger partial charge in [0.2, 0.25) is 10.0 Å². The topological polar surface area (TPSA) is 64.6 Å². The number of ether oxygens (including phenoxy) is 2. The molecule has 1 N–H and O–H groups in total. The zero-order chi connectivity index (χ0) is 17.0. The highest BCUT2D eigenvalue weighted by Gasteiger charge is 2.23. The van der Waals surface area contributed by atoms with Gasteiger partial charge in [0.05, 0.1) is 14.2 Å². The monoisotopic (exact) mass is 399 g/mol. The van der Waals surface area contributed by atoms with Gasteiger partial charge in [-0.15, -0.1) is 0 Å². The Balaban J connectivity index is 2.36. The van der Waals surface area contributed by atoms with E-state index in [1.807, 2.05) is 30.3 Å². The molecule has 2 aromatic carbocycles. The number of rotatable bonds is 6. The number of methoxy groups -OCH3 is 2. The predicted octanol–water partition coefficient (Wildman–Crippen LogP) is 3.51. The summed E-state index contributed by atoms with van der Waals surface area (Å²) in [5.41, 5.74) is 0.882. The highest BCUT2D eigenvalue weighted by molar-refractivity contribution is 9.10. The molecule has 0 aromatic heterocycles. The van der Waals surface area contributed by atoms with Gasteiger partial charge in [-0.2, -0.15) is 0 Å². The zero-order valence-corrected chi connectivity index (χ0v) is 15.4. The van der Waals surface area contributed by atoms with Gasteiger partial charge in [0, 0.05) is 16.6 Å². The average molecular weight is 400 g/mol. The van der Waals surface area contributed by atoms with Crippen molar-refractivity contribution in [1.82, 2.24) is 4.72 Å². The molecule has 0 heterocycles. The molecule has 124 valence electrons. The van der Waals surface area contributed by atoms with Crippen molar-refractivity contribution in [2.24, 2.45) is 0 Å². The molecule has 0 saturated carbocycles. The van der Waals surface area contributed by atoms with E-state index in [4.69, 9.17) is 9.47 Å². The van der Waals surface area contributed by atoms with Gasteiger partial charge in [-0.3, -0.25) is 0 Å². The van der Waals surface area contributed by atoms with E-state index >= 15 is 0 Å². The molecule has 0 unspecified atom stereocenters. The molecule has 5 nitrogen and oxygen atoms in total. The molecule has 0 spiro atoms. The summed E-state index contributed by atoms with van der Waals surface area (Å²) in [6.07, 6.45) is 0. The number of nitrogens with one attached hydrogen (secondary N) is 1. The van der Waals surface area contributed by atoms with Crippen LogP contribution in [0.1, 0.15) is 18.5 Å². The molecule has 2 rings (SSSR count). The minimum Gasteiger partial charge on any atom is -0.493 e. The van der Waals surface area contributed by atoms with Crippen LogP contribution in [0.4, 0.5) is 0 Å². The van der Waals surface area contributed by atoms with Gasteiger partial charge in [0.15, 0.2) is 11.5 Å². The lowest BCUT2D eigenvalue weighted by Crippen LogP contribution is -2.27. The molecule has 0 bridgehead atoms. The van der Waals surface area contributed by atoms with Crippen molar-refractivity contribution in [3.63, 3.8) is 0 Å². The third-order valence-corrected chi connectivity index (χ3v) is 5.86. The highest BCUT2D eigenvalue weighted by atomic mass is 79.9. The van der Waals surface area contributed by atoms with Gasteiger partial charge in [-0.25, -0.2) is 13.1 Å². The first-order chi connectivity index (χ1) is 10.9. The summed E-state index contributed by atoms with van der Waals surface area (Å²) in [7, 11) is -0.774. The van der Waals surface area contributed by atoms with Gasteiger partial charge >= 0.3 is 0 Å². The van der Waals surface area contributed by atoms with Gasteiger partial charge in [-0.05, 0) is 34.5 Å². The Morgan fingerprint density at radius 3 is 2.17 bits per heavy atom. The van der Waals surface area contributed by atoms with Gasteiger partial charge in [0.25, 0.3) is 0 Å². The third-order valence-electron chi connectivity index (χ3n) is 3.36. The third kappa shape index (κ3) is 4.04. The fourth-order valence-corrected chi connectivity index (χ4v) is 4.42. The van der Waals surface area contributed by atoms with Crippen LogP contribution in [-0.2, 0) is 10.0 Å². The Bertz CT molecular complexity index is 778. The van der Waals surface area contributed by atoms with Crippen LogP contribution in [0, 0.1) is 0 Å². The lowest BCUT2D eigenvalue weighted by Gasteiger charge is -2.17. The maximum atomic E-state index is 12.7. The van der Waals surface area contributed by atoms with Gasteiger partial charge in [0.1, 0.15) is 4.90 Å². The first-order valence-corrected chi connectivity index (χ1v) is 9.15. The fourth-order valence-electron chi connectivity index (χ4n) is 2.15. The van der Waals surface area contributed by atoms with Crippen LogP contribution in [0.3, 0.4) is 0 Å². The van der Waals surface area contributed by atoms with Crippen LogP contribution < -0.4 is 14.2 Å². The normalized spacial score (nSPS) is 12.7. The second-order valence-corrected chi connectivity index (χ2v) is 7.43. The molecule has 0 fully saturated rings. The van der Waals surface area contributed by atoms with Crippen molar-refractivity contribution in [2.75, 3.05) is 14.2 Å². The number of hydrogen-bond acceptors (Lipinski definition) is 4. The summed E-state index contributed by atoms with van der Waals surface area (Å²) in [4.78, 5) is 0.0953. The minimum absolute atomic E-state index is 0.0953. The number of hydrogen-bond donors (Lipinski definition) is 1. The summed E-state index contributed by atoms with van der Waals surface area (Å²) in [5.74, 6) is 0.804. The molecule has 0 radical (unpaired) electrons. The first kappa shape index (κ1) is 17.8. The molecule has 0 amide bonds. The first-order valence-electron chi connectivity index (χ1n) is 6.88. The Morgan fingerprint density at radius 2 is 1.61 bits per heavy atom. The zero-order valence-electron chi connectivity index (χ0n) is 13.0. The molecular weight excluding hydrogens is 382 g/mol. The average Bonchev–Trinajstić information content (AvgIpc) is 2.54. The number of halogens is 1. The minimum atomic E-state index is -3.73. The van der Waals surface area contributed by atoms with E-state index in [1.165, 1.54) is 20.3 Å². The van der Waals surface area contributed by atoms with E-state index in [0.29, 0.717) is 16.0 Å². The second-order valence-electron chi connectivity index (χ2n) is 4.89. The quantitative estimate of drug-likeness (QED) is 0.806. The Morgan fingerprint density at radius 1 is 1.04 bits per heavy atom. The predicted molar refractivity (Wildman–Crippen MR) is 92.4 cm³/mol. The summed E-state index contributed by atoms with van der Waals surface area (Å²) in [6, 6.07) is 12.0. The summed E-state index contributed by atoms with van der Waals surface area (Å²) < 4.78 is 38.7. The lowest BCUT2D eigenvalue weighted by atomic mass is 10.1. The molecule has 2 aromatic rings. The summed E-state index contributed by atoms with van der Waals surface area (Å²) in [5, 5.41) is 0. The van der Waals surface area contributed by atoms with E-state index in [9.17, 15) is 8.42 Å². The Labute approximate surface area is 144 Å². The van der Waals surface area contributed by atoms with Crippen LogP contribution in [-0.4, -0.2) is 22.6 Å². The molecular formula is C16H18BrNO4S. The molecule has 0 aliphatic heterocycles.